The fourth-order valence-corrected chi connectivity index (χ4v) is 0.981. The van der Waals surface area contributed by atoms with E-state index in [-0.39, 0.29) is 5.41 Å². The molecule has 0 aliphatic carbocycles. The van der Waals surface area contributed by atoms with Crippen LogP contribution in [0.3, 0.4) is 0 Å². The molecule has 0 saturated heterocycles. The zero-order chi connectivity index (χ0) is 12.4. The van der Waals surface area contributed by atoms with E-state index in [1.54, 1.807) is 7.11 Å². The van der Waals surface area contributed by atoms with E-state index in [0.717, 1.165) is 32.5 Å². The van der Waals surface area contributed by atoms with E-state index in [1.807, 2.05) is 0 Å². The lowest BCUT2D eigenvalue weighted by atomic mass is 9.91. The van der Waals surface area contributed by atoms with Gasteiger partial charge in [-0.2, -0.15) is 0 Å². The van der Waals surface area contributed by atoms with Gasteiger partial charge in [-0.3, -0.25) is 10.4 Å². The summed E-state index contributed by atoms with van der Waals surface area (Å²) in [5, 5.41) is 3.13. The van der Waals surface area contributed by atoms with Crippen molar-refractivity contribution in [2.45, 2.75) is 33.6 Å². The molecular formula is C11H26N4O. The second kappa shape index (κ2) is 8.35. The zero-order valence-corrected chi connectivity index (χ0v) is 11.0. The Bertz CT molecular complexity index is 204. The third kappa shape index (κ3) is 7.48. The molecule has 0 aliphatic rings. The number of hydrogen-bond acceptors (Lipinski definition) is 3. The van der Waals surface area contributed by atoms with Crippen molar-refractivity contribution in [3.8, 4) is 0 Å². The molecule has 0 amide bonds. The SMILES string of the molecule is CCC(C)(C)CN=C(NN)NCCCOC. The number of ether oxygens (including phenoxy) is 1. The van der Waals surface area contributed by atoms with Gasteiger partial charge in [0, 0.05) is 26.8 Å². The van der Waals surface area contributed by atoms with Crippen LogP contribution in [-0.2, 0) is 4.74 Å². The molecule has 0 saturated carbocycles. The lowest BCUT2D eigenvalue weighted by Crippen LogP contribution is -2.42. The third-order valence-electron chi connectivity index (χ3n) is 2.58. The van der Waals surface area contributed by atoms with Gasteiger partial charge in [0.1, 0.15) is 0 Å². The third-order valence-corrected chi connectivity index (χ3v) is 2.58. The first-order valence-electron chi connectivity index (χ1n) is 5.79. The topological polar surface area (TPSA) is 71.7 Å². The fraction of sp³-hybridized carbons (Fsp3) is 0.909. The summed E-state index contributed by atoms with van der Waals surface area (Å²) in [5.41, 5.74) is 2.79. The van der Waals surface area contributed by atoms with E-state index < -0.39 is 0 Å². The summed E-state index contributed by atoms with van der Waals surface area (Å²) in [4.78, 5) is 4.41. The van der Waals surface area contributed by atoms with Crippen LogP contribution < -0.4 is 16.6 Å². The van der Waals surface area contributed by atoms with Gasteiger partial charge < -0.3 is 10.1 Å². The van der Waals surface area contributed by atoms with Crippen LogP contribution in [0.4, 0.5) is 0 Å². The summed E-state index contributed by atoms with van der Waals surface area (Å²) >= 11 is 0. The summed E-state index contributed by atoms with van der Waals surface area (Å²) in [6, 6.07) is 0. The summed E-state index contributed by atoms with van der Waals surface area (Å²) in [6.07, 6.45) is 2.03. The highest BCUT2D eigenvalue weighted by atomic mass is 16.5. The number of guanidine groups is 1. The molecule has 0 aliphatic heterocycles. The molecule has 0 bridgehead atoms. The largest absolute Gasteiger partial charge is 0.385 e. The van der Waals surface area contributed by atoms with Gasteiger partial charge in [0.15, 0.2) is 0 Å². The monoisotopic (exact) mass is 230 g/mol. The van der Waals surface area contributed by atoms with Crippen LogP contribution in [0.1, 0.15) is 33.6 Å². The van der Waals surface area contributed by atoms with E-state index in [4.69, 9.17) is 10.6 Å². The molecule has 0 spiro atoms. The van der Waals surface area contributed by atoms with E-state index in [0.29, 0.717) is 5.96 Å². The standard InChI is InChI=1S/C11H26N4O/c1-5-11(2,3)9-14-10(15-12)13-7-6-8-16-4/h5-9,12H2,1-4H3,(H2,13,14,15). The van der Waals surface area contributed by atoms with Crippen molar-refractivity contribution in [3.63, 3.8) is 0 Å². The molecule has 5 nitrogen and oxygen atoms in total. The van der Waals surface area contributed by atoms with Crippen LogP contribution >= 0.6 is 0 Å². The minimum atomic E-state index is 0.219. The summed E-state index contributed by atoms with van der Waals surface area (Å²) < 4.78 is 4.96. The van der Waals surface area contributed by atoms with Crippen molar-refractivity contribution in [2.24, 2.45) is 16.3 Å². The minimum Gasteiger partial charge on any atom is -0.385 e. The average Bonchev–Trinajstić information content (AvgIpc) is 2.28. The number of hydrogen-bond donors (Lipinski definition) is 3. The number of nitrogens with zero attached hydrogens (tertiary/aromatic N) is 1. The molecule has 4 N–H and O–H groups in total. The van der Waals surface area contributed by atoms with Crippen molar-refractivity contribution < 1.29 is 4.74 Å². The van der Waals surface area contributed by atoms with Gasteiger partial charge in [0.25, 0.3) is 0 Å². The van der Waals surface area contributed by atoms with Gasteiger partial charge in [0.05, 0.1) is 0 Å². The Morgan fingerprint density at radius 2 is 2.12 bits per heavy atom. The van der Waals surface area contributed by atoms with Crippen LogP contribution in [-0.4, -0.2) is 32.8 Å². The van der Waals surface area contributed by atoms with Crippen LogP contribution in [0.25, 0.3) is 0 Å². The first kappa shape index (κ1) is 15.2. The lowest BCUT2D eigenvalue weighted by molar-refractivity contribution is 0.195. The van der Waals surface area contributed by atoms with Gasteiger partial charge in [-0.05, 0) is 18.3 Å². The summed E-state index contributed by atoms with van der Waals surface area (Å²) in [5.74, 6) is 6.03. The molecule has 0 aromatic heterocycles. The minimum absolute atomic E-state index is 0.219. The highest BCUT2D eigenvalue weighted by molar-refractivity contribution is 5.79. The Kier molecular flexibility index (Phi) is 7.93. The Hall–Kier alpha value is -0.810. The van der Waals surface area contributed by atoms with Gasteiger partial charge in [-0.15, -0.1) is 0 Å². The maximum Gasteiger partial charge on any atom is 0.205 e. The quantitative estimate of drug-likeness (QED) is 0.199. The first-order valence-corrected chi connectivity index (χ1v) is 5.79. The number of nitrogens with two attached hydrogens (primary N) is 1. The number of rotatable bonds is 7. The predicted octanol–water partition coefficient (Wildman–Crippen LogP) is 0.868. The second-order valence-corrected chi connectivity index (χ2v) is 4.60. The van der Waals surface area contributed by atoms with E-state index in [9.17, 15) is 0 Å². The second-order valence-electron chi connectivity index (χ2n) is 4.60. The number of aliphatic imine (C=N–C) groups is 1. The molecule has 0 aromatic rings. The lowest BCUT2D eigenvalue weighted by Gasteiger charge is -2.20. The van der Waals surface area contributed by atoms with Crippen molar-refractivity contribution in [1.82, 2.24) is 10.7 Å². The molecule has 0 radical (unpaired) electrons. The summed E-state index contributed by atoms with van der Waals surface area (Å²) in [7, 11) is 1.69. The molecular weight excluding hydrogens is 204 g/mol. The molecule has 0 aromatic carbocycles. The van der Waals surface area contributed by atoms with Crippen molar-refractivity contribution in [3.05, 3.63) is 0 Å². The number of nitrogens with one attached hydrogen (secondary N) is 2. The molecule has 0 rings (SSSR count). The predicted molar refractivity (Wildman–Crippen MR) is 68.2 cm³/mol. The van der Waals surface area contributed by atoms with Gasteiger partial charge >= 0.3 is 0 Å². The maximum absolute atomic E-state index is 5.38. The molecule has 0 heterocycles. The Labute approximate surface area is 98.8 Å². The Morgan fingerprint density at radius 3 is 2.62 bits per heavy atom. The van der Waals surface area contributed by atoms with Gasteiger partial charge in [-0.25, -0.2) is 5.84 Å². The Balaban J connectivity index is 3.92. The van der Waals surface area contributed by atoms with Gasteiger partial charge in [-0.1, -0.05) is 20.8 Å². The zero-order valence-electron chi connectivity index (χ0n) is 11.0. The van der Waals surface area contributed by atoms with E-state index in [2.05, 4.69) is 36.5 Å². The number of methoxy groups -OCH3 is 1. The van der Waals surface area contributed by atoms with E-state index in [1.165, 1.54) is 0 Å². The fourth-order valence-electron chi connectivity index (χ4n) is 0.981. The maximum atomic E-state index is 5.38. The summed E-state index contributed by atoms with van der Waals surface area (Å²) in [6.45, 7) is 8.86. The molecule has 0 unspecified atom stereocenters. The average molecular weight is 230 g/mol. The van der Waals surface area contributed by atoms with Crippen molar-refractivity contribution in [1.29, 1.82) is 0 Å². The van der Waals surface area contributed by atoms with Crippen LogP contribution in [0.5, 0.6) is 0 Å². The highest BCUT2D eigenvalue weighted by Gasteiger charge is 2.14. The normalized spacial score (nSPS) is 12.7. The van der Waals surface area contributed by atoms with Crippen molar-refractivity contribution in [2.75, 3.05) is 26.8 Å². The number of hydrazine groups is 1. The van der Waals surface area contributed by atoms with Crippen LogP contribution in [0, 0.1) is 5.41 Å². The highest BCUT2D eigenvalue weighted by Crippen LogP contribution is 2.19. The van der Waals surface area contributed by atoms with Gasteiger partial charge in [0.2, 0.25) is 5.96 Å². The molecule has 5 heteroatoms. The van der Waals surface area contributed by atoms with E-state index >= 15 is 0 Å². The Morgan fingerprint density at radius 1 is 1.44 bits per heavy atom. The first-order chi connectivity index (χ1) is 7.55. The molecule has 16 heavy (non-hydrogen) atoms. The van der Waals surface area contributed by atoms with Crippen LogP contribution in [0.2, 0.25) is 0 Å². The van der Waals surface area contributed by atoms with Crippen LogP contribution in [0.15, 0.2) is 4.99 Å². The molecule has 0 fully saturated rings. The van der Waals surface area contributed by atoms with Crippen molar-refractivity contribution >= 4 is 5.96 Å². The smallest absolute Gasteiger partial charge is 0.205 e. The molecule has 0 atom stereocenters. The molecule has 96 valence electrons.